The second-order valence-corrected chi connectivity index (χ2v) is 5.78. The molecule has 0 aliphatic heterocycles. The molecule has 4 nitrogen and oxygen atoms in total. The van der Waals surface area contributed by atoms with Crippen LogP contribution < -0.4 is 10.1 Å². The van der Waals surface area contributed by atoms with Crippen LogP contribution in [0.15, 0.2) is 24.3 Å². The first-order valence-corrected chi connectivity index (χ1v) is 7.92. The zero-order chi connectivity index (χ0) is 14.9. The van der Waals surface area contributed by atoms with E-state index >= 15 is 0 Å². The molecule has 0 heterocycles. The van der Waals surface area contributed by atoms with Gasteiger partial charge < -0.3 is 19.9 Å². The third-order valence-corrected chi connectivity index (χ3v) is 3.82. The average Bonchev–Trinajstić information content (AvgIpc) is 3.00. The molecule has 2 N–H and O–H groups in total. The summed E-state index contributed by atoms with van der Waals surface area (Å²) in [6.45, 7) is 4.02. The van der Waals surface area contributed by atoms with Crippen LogP contribution in [0.5, 0.6) is 5.75 Å². The lowest BCUT2D eigenvalue weighted by Gasteiger charge is -2.16. The van der Waals surface area contributed by atoms with Crippen molar-refractivity contribution in [2.45, 2.75) is 44.8 Å². The van der Waals surface area contributed by atoms with Crippen molar-refractivity contribution in [1.82, 2.24) is 5.32 Å². The molecule has 1 aromatic rings. The predicted molar refractivity (Wildman–Crippen MR) is 83.8 cm³/mol. The van der Waals surface area contributed by atoms with Crippen molar-refractivity contribution >= 4 is 0 Å². The number of rotatable bonds is 9. The highest BCUT2D eigenvalue weighted by Gasteiger charge is 2.15. The number of aryl methyl sites for hydroxylation is 1. The lowest BCUT2D eigenvalue weighted by Crippen LogP contribution is -2.36. The maximum absolute atomic E-state index is 9.83. The minimum atomic E-state index is -0.440. The fourth-order valence-corrected chi connectivity index (χ4v) is 2.56. The van der Waals surface area contributed by atoms with Crippen LogP contribution >= 0.6 is 0 Å². The summed E-state index contributed by atoms with van der Waals surface area (Å²) >= 11 is 0. The van der Waals surface area contributed by atoms with Crippen LogP contribution in [0.25, 0.3) is 0 Å². The molecule has 2 rings (SSSR count). The van der Waals surface area contributed by atoms with Crippen LogP contribution in [-0.2, 0) is 4.74 Å². The van der Waals surface area contributed by atoms with Gasteiger partial charge in [0.2, 0.25) is 0 Å². The Kier molecular flexibility index (Phi) is 7.00. The van der Waals surface area contributed by atoms with E-state index in [-0.39, 0.29) is 0 Å². The number of hydrogen-bond acceptors (Lipinski definition) is 4. The Morgan fingerprint density at radius 1 is 1.19 bits per heavy atom. The summed E-state index contributed by atoms with van der Waals surface area (Å²) in [5.74, 6) is 0.854. The molecule has 118 valence electrons. The molecule has 4 heteroatoms. The Balaban J connectivity index is 1.47. The smallest absolute Gasteiger partial charge is 0.119 e. The number of aliphatic hydroxyl groups is 1. The van der Waals surface area contributed by atoms with E-state index in [0.29, 0.717) is 32.4 Å². The largest absolute Gasteiger partial charge is 0.491 e. The second-order valence-electron chi connectivity index (χ2n) is 5.78. The molecular weight excluding hydrogens is 266 g/mol. The lowest BCUT2D eigenvalue weighted by atomic mass is 10.2. The summed E-state index contributed by atoms with van der Waals surface area (Å²) in [5, 5.41) is 13.2. The Morgan fingerprint density at radius 2 is 1.90 bits per heavy atom. The average molecular weight is 293 g/mol. The highest BCUT2D eigenvalue weighted by molar-refractivity contribution is 5.26. The van der Waals surface area contributed by atoms with E-state index < -0.39 is 6.10 Å². The first kappa shape index (κ1) is 16.3. The van der Waals surface area contributed by atoms with Crippen molar-refractivity contribution < 1.29 is 14.6 Å². The topological polar surface area (TPSA) is 50.7 Å². The maximum atomic E-state index is 9.83. The zero-order valence-corrected chi connectivity index (χ0v) is 12.9. The van der Waals surface area contributed by atoms with Crippen molar-refractivity contribution in [2.75, 3.05) is 26.4 Å². The predicted octanol–water partition coefficient (Wildman–Crippen LogP) is 2.28. The SMILES string of the molecule is Cc1ccc(OCCOC[C@H](O)CNC2CCCC2)cc1. The Morgan fingerprint density at radius 3 is 2.62 bits per heavy atom. The standard InChI is InChI=1S/C17H27NO3/c1-14-6-8-17(9-7-14)21-11-10-20-13-16(19)12-18-15-4-2-3-5-15/h6-9,15-16,18-19H,2-5,10-13H2,1H3/t16-/m1/s1. The molecule has 0 bridgehead atoms. The molecule has 0 radical (unpaired) electrons. The van der Waals surface area contributed by atoms with Gasteiger partial charge in [0.1, 0.15) is 12.4 Å². The molecule has 21 heavy (non-hydrogen) atoms. The molecule has 1 aliphatic rings. The van der Waals surface area contributed by atoms with Gasteiger partial charge in [-0.15, -0.1) is 0 Å². The molecule has 1 saturated carbocycles. The van der Waals surface area contributed by atoms with E-state index in [4.69, 9.17) is 9.47 Å². The second kappa shape index (κ2) is 9.03. The summed E-state index contributed by atoms with van der Waals surface area (Å²) in [6.07, 6.45) is 4.64. The molecule has 1 aliphatic carbocycles. The van der Waals surface area contributed by atoms with Gasteiger partial charge >= 0.3 is 0 Å². The van der Waals surface area contributed by atoms with Gasteiger partial charge in [-0.3, -0.25) is 0 Å². The van der Waals surface area contributed by atoms with Gasteiger partial charge in [0.25, 0.3) is 0 Å². The van der Waals surface area contributed by atoms with Gasteiger partial charge in [-0.2, -0.15) is 0 Å². The highest BCUT2D eigenvalue weighted by Crippen LogP contribution is 2.17. The van der Waals surface area contributed by atoms with Gasteiger partial charge in [0, 0.05) is 12.6 Å². The third-order valence-electron chi connectivity index (χ3n) is 3.82. The van der Waals surface area contributed by atoms with Crippen LogP contribution in [0.1, 0.15) is 31.2 Å². The highest BCUT2D eigenvalue weighted by atomic mass is 16.5. The van der Waals surface area contributed by atoms with E-state index in [2.05, 4.69) is 5.32 Å². The number of aliphatic hydroxyl groups excluding tert-OH is 1. The molecule has 1 atom stereocenters. The van der Waals surface area contributed by atoms with Crippen LogP contribution in [-0.4, -0.2) is 43.6 Å². The Labute approximate surface area is 127 Å². The van der Waals surface area contributed by atoms with E-state index in [1.807, 2.05) is 31.2 Å². The zero-order valence-electron chi connectivity index (χ0n) is 12.9. The van der Waals surface area contributed by atoms with Gasteiger partial charge in [0.15, 0.2) is 0 Å². The molecule has 0 aromatic heterocycles. The van der Waals surface area contributed by atoms with Crippen LogP contribution in [0, 0.1) is 6.92 Å². The van der Waals surface area contributed by atoms with Gasteiger partial charge in [-0.25, -0.2) is 0 Å². The first-order valence-electron chi connectivity index (χ1n) is 7.92. The summed E-state index contributed by atoms with van der Waals surface area (Å²) in [4.78, 5) is 0. The normalized spacial score (nSPS) is 17.0. The summed E-state index contributed by atoms with van der Waals surface area (Å²) < 4.78 is 11.0. The van der Waals surface area contributed by atoms with Crippen LogP contribution in [0.3, 0.4) is 0 Å². The molecule has 1 fully saturated rings. The summed E-state index contributed by atoms with van der Waals surface area (Å²) in [5.41, 5.74) is 1.22. The number of benzene rings is 1. The number of ether oxygens (including phenoxy) is 2. The van der Waals surface area contributed by atoms with E-state index in [0.717, 1.165) is 5.75 Å². The third kappa shape index (κ3) is 6.46. The molecule has 0 amide bonds. The van der Waals surface area contributed by atoms with Crippen molar-refractivity contribution in [3.05, 3.63) is 29.8 Å². The number of nitrogens with one attached hydrogen (secondary N) is 1. The lowest BCUT2D eigenvalue weighted by molar-refractivity contribution is 0.0241. The summed E-state index contributed by atoms with van der Waals surface area (Å²) in [6, 6.07) is 8.54. The van der Waals surface area contributed by atoms with E-state index in [9.17, 15) is 5.11 Å². The van der Waals surface area contributed by atoms with Gasteiger partial charge in [0.05, 0.1) is 19.3 Å². The van der Waals surface area contributed by atoms with Crippen molar-refractivity contribution in [3.8, 4) is 5.75 Å². The maximum Gasteiger partial charge on any atom is 0.119 e. The monoisotopic (exact) mass is 293 g/mol. The molecule has 0 spiro atoms. The van der Waals surface area contributed by atoms with Crippen LogP contribution in [0.4, 0.5) is 0 Å². The van der Waals surface area contributed by atoms with E-state index in [1.54, 1.807) is 0 Å². The molecule has 1 aromatic carbocycles. The van der Waals surface area contributed by atoms with E-state index in [1.165, 1.54) is 31.2 Å². The first-order chi connectivity index (χ1) is 10.2. The summed E-state index contributed by atoms with van der Waals surface area (Å²) in [7, 11) is 0. The molecular formula is C17H27NO3. The minimum Gasteiger partial charge on any atom is -0.491 e. The Hall–Kier alpha value is -1.10. The molecule has 0 saturated heterocycles. The number of hydrogen-bond donors (Lipinski definition) is 2. The van der Waals surface area contributed by atoms with Crippen molar-refractivity contribution in [2.24, 2.45) is 0 Å². The Bertz CT molecular complexity index is 388. The van der Waals surface area contributed by atoms with Crippen molar-refractivity contribution in [1.29, 1.82) is 0 Å². The van der Waals surface area contributed by atoms with Gasteiger partial charge in [-0.05, 0) is 31.9 Å². The molecule has 0 unspecified atom stereocenters. The fraction of sp³-hybridized carbons (Fsp3) is 0.647. The minimum absolute atomic E-state index is 0.358. The van der Waals surface area contributed by atoms with Crippen molar-refractivity contribution in [3.63, 3.8) is 0 Å². The van der Waals surface area contributed by atoms with Crippen LogP contribution in [0.2, 0.25) is 0 Å². The van der Waals surface area contributed by atoms with Gasteiger partial charge in [-0.1, -0.05) is 30.5 Å². The fourth-order valence-electron chi connectivity index (χ4n) is 2.56. The quantitative estimate of drug-likeness (QED) is 0.686.